The third-order valence-corrected chi connectivity index (χ3v) is 2.99. The van der Waals surface area contributed by atoms with Gasteiger partial charge in [0.2, 0.25) is 0 Å². The van der Waals surface area contributed by atoms with E-state index >= 15 is 0 Å². The van der Waals surface area contributed by atoms with Crippen molar-refractivity contribution in [3.63, 3.8) is 0 Å². The van der Waals surface area contributed by atoms with Crippen LogP contribution in [0.2, 0.25) is 0 Å². The summed E-state index contributed by atoms with van der Waals surface area (Å²) in [5.74, 6) is -1.39. The van der Waals surface area contributed by atoms with Gasteiger partial charge in [0.05, 0.1) is 6.04 Å². The van der Waals surface area contributed by atoms with E-state index < -0.39 is 12.0 Å². The van der Waals surface area contributed by atoms with E-state index in [1.165, 1.54) is 6.92 Å². The smallest absolute Gasteiger partial charge is 0.303 e. The molecular weight excluding hydrogens is 258 g/mol. The number of rotatable bonds is 7. The van der Waals surface area contributed by atoms with Crippen LogP contribution in [0.15, 0.2) is 24.3 Å². The van der Waals surface area contributed by atoms with E-state index in [4.69, 9.17) is 5.11 Å². The Hall–Kier alpha value is -2.17. The zero-order chi connectivity index (χ0) is 15.1. The lowest BCUT2D eigenvalue weighted by Crippen LogP contribution is -2.39. The normalized spacial score (nSPS) is 11.7. The number of hydrogen-bond acceptors (Lipinski definition) is 3. The minimum absolute atomic E-state index is 0.00974. The van der Waals surface area contributed by atoms with Crippen molar-refractivity contribution in [3.05, 3.63) is 35.4 Å². The number of nitrogens with one attached hydrogen (secondary N) is 1. The molecule has 0 radical (unpaired) electrons. The van der Waals surface area contributed by atoms with E-state index in [-0.39, 0.29) is 18.1 Å². The molecule has 0 heterocycles. The number of benzene rings is 1. The van der Waals surface area contributed by atoms with Crippen LogP contribution in [0.1, 0.15) is 42.1 Å². The molecule has 5 heteroatoms. The molecule has 1 amide bonds. The van der Waals surface area contributed by atoms with Crippen molar-refractivity contribution in [2.24, 2.45) is 0 Å². The van der Waals surface area contributed by atoms with Gasteiger partial charge in [0.25, 0.3) is 5.91 Å². The number of ketones is 1. The Kier molecular flexibility index (Phi) is 5.90. The van der Waals surface area contributed by atoms with Gasteiger partial charge in [0.1, 0.15) is 0 Å². The zero-order valence-electron chi connectivity index (χ0n) is 11.7. The first-order valence-corrected chi connectivity index (χ1v) is 6.50. The maximum absolute atomic E-state index is 12.0. The van der Waals surface area contributed by atoms with E-state index in [0.717, 1.165) is 5.56 Å². The molecule has 0 spiro atoms. The molecule has 1 rings (SSSR count). The van der Waals surface area contributed by atoms with Gasteiger partial charge in [-0.3, -0.25) is 14.4 Å². The summed E-state index contributed by atoms with van der Waals surface area (Å²) in [6.07, 6.45) is 0.678. The maximum Gasteiger partial charge on any atom is 0.303 e. The quantitative estimate of drug-likeness (QED) is 0.797. The Balaban J connectivity index is 2.60. The van der Waals surface area contributed by atoms with Crippen LogP contribution < -0.4 is 5.32 Å². The molecule has 0 aliphatic carbocycles. The number of carboxylic acids is 1. The molecule has 108 valence electrons. The minimum Gasteiger partial charge on any atom is -0.481 e. The number of amides is 1. The van der Waals surface area contributed by atoms with Crippen LogP contribution in [0.3, 0.4) is 0 Å². The molecule has 0 aliphatic heterocycles. The number of carbonyl (C=O) groups excluding carboxylic acids is 2. The zero-order valence-corrected chi connectivity index (χ0v) is 11.7. The molecule has 0 fully saturated rings. The second kappa shape index (κ2) is 7.43. The summed E-state index contributed by atoms with van der Waals surface area (Å²) in [5, 5.41) is 11.2. The van der Waals surface area contributed by atoms with Crippen molar-refractivity contribution in [2.75, 3.05) is 0 Å². The van der Waals surface area contributed by atoms with Crippen molar-refractivity contribution < 1.29 is 19.5 Å². The average Bonchev–Trinajstić information content (AvgIpc) is 2.37. The van der Waals surface area contributed by atoms with Gasteiger partial charge in [-0.05, 0) is 38.8 Å². The number of carbonyl (C=O) groups is 3. The van der Waals surface area contributed by atoms with Crippen LogP contribution in [-0.4, -0.2) is 28.8 Å². The molecule has 0 saturated carbocycles. The molecule has 0 saturated heterocycles. The first-order valence-electron chi connectivity index (χ1n) is 6.50. The number of carboxylic acid groups (broad SMARTS) is 1. The van der Waals surface area contributed by atoms with Crippen molar-refractivity contribution >= 4 is 17.7 Å². The predicted molar refractivity (Wildman–Crippen MR) is 74.6 cm³/mol. The Morgan fingerprint density at radius 2 is 1.80 bits per heavy atom. The van der Waals surface area contributed by atoms with Crippen LogP contribution in [0.4, 0.5) is 0 Å². The maximum atomic E-state index is 12.0. The van der Waals surface area contributed by atoms with Crippen molar-refractivity contribution in [3.8, 4) is 0 Å². The fourth-order valence-electron chi connectivity index (χ4n) is 1.78. The summed E-state index contributed by atoms with van der Waals surface area (Å²) in [6, 6.07) is 6.39. The summed E-state index contributed by atoms with van der Waals surface area (Å²) >= 11 is 0. The summed E-state index contributed by atoms with van der Waals surface area (Å²) in [6.45, 7) is 3.31. The highest BCUT2D eigenvalue weighted by molar-refractivity contribution is 5.97. The van der Waals surface area contributed by atoms with Gasteiger partial charge in [0, 0.05) is 12.0 Å². The van der Waals surface area contributed by atoms with E-state index in [1.807, 2.05) is 19.1 Å². The van der Waals surface area contributed by atoms with E-state index in [2.05, 4.69) is 5.32 Å². The Morgan fingerprint density at radius 1 is 1.20 bits per heavy atom. The third-order valence-electron chi connectivity index (χ3n) is 2.99. The van der Waals surface area contributed by atoms with Crippen LogP contribution in [0, 0.1) is 6.92 Å². The average molecular weight is 277 g/mol. The number of aryl methyl sites for hydroxylation is 1. The lowest BCUT2D eigenvalue weighted by atomic mass is 10.1. The Morgan fingerprint density at radius 3 is 2.30 bits per heavy atom. The molecule has 0 aromatic heterocycles. The molecule has 20 heavy (non-hydrogen) atoms. The van der Waals surface area contributed by atoms with Crippen LogP contribution >= 0.6 is 0 Å². The molecule has 1 atom stereocenters. The van der Waals surface area contributed by atoms with Gasteiger partial charge in [-0.1, -0.05) is 17.7 Å². The standard InChI is InChI=1S/C15H19NO4/c1-10-6-8-12(9-7-10)15(20)16-13(11(2)17)4-3-5-14(18)19/h6-9,13H,3-5H2,1-2H3,(H,16,20)(H,18,19). The molecule has 0 bridgehead atoms. The van der Waals surface area contributed by atoms with Gasteiger partial charge in [0.15, 0.2) is 5.78 Å². The van der Waals surface area contributed by atoms with Crippen LogP contribution in [-0.2, 0) is 9.59 Å². The number of aliphatic carboxylic acids is 1. The van der Waals surface area contributed by atoms with Crippen molar-refractivity contribution in [2.45, 2.75) is 39.2 Å². The van der Waals surface area contributed by atoms with E-state index in [0.29, 0.717) is 18.4 Å². The van der Waals surface area contributed by atoms with Crippen LogP contribution in [0.25, 0.3) is 0 Å². The molecule has 2 N–H and O–H groups in total. The molecule has 0 aliphatic rings. The molecule has 1 aromatic rings. The Labute approximate surface area is 118 Å². The van der Waals surface area contributed by atoms with Crippen molar-refractivity contribution in [1.29, 1.82) is 0 Å². The van der Waals surface area contributed by atoms with Gasteiger partial charge >= 0.3 is 5.97 Å². The van der Waals surface area contributed by atoms with Crippen molar-refractivity contribution in [1.82, 2.24) is 5.32 Å². The van der Waals surface area contributed by atoms with E-state index in [9.17, 15) is 14.4 Å². The summed E-state index contributed by atoms with van der Waals surface area (Å²) in [7, 11) is 0. The molecule has 1 aromatic carbocycles. The fourth-order valence-corrected chi connectivity index (χ4v) is 1.78. The molecular formula is C15H19NO4. The van der Waals surface area contributed by atoms with E-state index in [1.54, 1.807) is 12.1 Å². The minimum atomic E-state index is -0.905. The predicted octanol–water partition coefficient (Wildman–Crippen LogP) is 1.94. The number of Topliss-reactive ketones (excluding diaryl/α,β-unsaturated/α-hetero) is 1. The first kappa shape index (κ1) is 15.9. The summed E-state index contributed by atoms with van der Waals surface area (Å²) in [4.78, 5) is 33.9. The molecule has 5 nitrogen and oxygen atoms in total. The largest absolute Gasteiger partial charge is 0.481 e. The summed E-state index contributed by atoms with van der Waals surface area (Å²) in [5.41, 5.74) is 1.53. The lowest BCUT2D eigenvalue weighted by molar-refractivity contribution is -0.137. The summed E-state index contributed by atoms with van der Waals surface area (Å²) < 4.78 is 0. The third kappa shape index (κ3) is 5.22. The molecule has 1 unspecified atom stereocenters. The first-order chi connectivity index (χ1) is 9.40. The van der Waals surface area contributed by atoms with Gasteiger partial charge in [-0.25, -0.2) is 0 Å². The second-order valence-corrected chi connectivity index (χ2v) is 4.79. The van der Waals surface area contributed by atoms with Gasteiger partial charge in [-0.2, -0.15) is 0 Å². The van der Waals surface area contributed by atoms with Gasteiger partial charge in [-0.15, -0.1) is 0 Å². The van der Waals surface area contributed by atoms with Gasteiger partial charge < -0.3 is 10.4 Å². The second-order valence-electron chi connectivity index (χ2n) is 4.79. The lowest BCUT2D eigenvalue weighted by Gasteiger charge is -2.15. The highest BCUT2D eigenvalue weighted by Crippen LogP contribution is 2.06. The Bertz CT molecular complexity index is 493. The van der Waals surface area contributed by atoms with Crippen LogP contribution in [0.5, 0.6) is 0 Å². The highest BCUT2D eigenvalue weighted by Gasteiger charge is 2.18. The fraction of sp³-hybridized carbons (Fsp3) is 0.400. The number of hydrogen-bond donors (Lipinski definition) is 2. The SMILES string of the molecule is CC(=O)C(CCCC(=O)O)NC(=O)c1ccc(C)cc1. The monoisotopic (exact) mass is 277 g/mol. The highest BCUT2D eigenvalue weighted by atomic mass is 16.4. The topological polar surface area (TPSA) is 83.5 Å².